The number of halogens is 9. The summed E-state index contributed by atoms with van der Waals surface area (Å²) in [6.45, 7) is 3.38. The van der Waals surface area contributed by atoms with Crippen molar-refractivity contribution in [1.29, 1.82) is 0 Å². The summed E-state index contributed by atoms with van der Waals surface area (Å²) in [5, 5.41) is 0. The first-order chi connectivity index (χ1) is 17.4. The number of cyclic esters (lactones) is 1. The zero-order chi connectivity index (χ0) is 28.6. The second-order valence-corrected chi connectivity index (χ2v) is 8.77. The second kappa shape index (κ2) is 10.4. The predicted molar refractivity (Wildman–Crippen MR) is 117 cm³/mol. The fourth-order valence-electron chi connectivity index (χ4n) is 4.20. The van der Waals surface area contributed by atoms with Gasteiger partial charge in [0, 0.05) is 19.3 Å². The van der Waals surface area contributed by atoms with Crippen molar-refractivity contribution in [3.8, 4) is 5.75 Å². The molecule has 0 spiro atoms. The Bertz CT molecular complexity index is 1130. The highest BCUT2D eigenvalue weighted by Gasteiger charge is 2.43. The van der Waals surface area contributed by atoms with Crippen LogP contribution in [0.25, 0.3) is 0 Å². The van der Waals surface area contributed by atoms with Crippen LogP contribution >= 0.6 is 0 Å². The van der Waals surface area contributed by atoms with Crippen LogP contribution in [-0.4, -0.2) is 37.0 Å². The first kappa shape index (κ1) is 29.2. The van der Waals surface area contributed by atoms with Crippen LogP contribution in [0.1, 0.15) is 48.6 Å². The number of alkyl halides is 9. The van der Waals surface area contributed by atoms with Crippen molar-refractivity contribution < 1.29 is 53.8 Å². The lowest BCUT2D eigenvalue weighted by Gasteiger charge is -2.27. The number of ether oxygens (including phenoxy) is 2. The van der Waals surface area contributed by atoms with Gasteiger partial charge in [-0.25, -0.2) is 4.79 Å². The number of hydrogen-bond donors (Lipinski definition) is 0. The molecule has 0 radical (unpaired) electrons. The topological polar surface area (TPSA) is 42.0 Å². The van der Waals surface area contributed by atoms with Gasteiger partial charge in [-0.05, 0) is 60.9 Å². The molecule has 1 amide bonds. The third-order valence-electron chi connectivity index (χ3n) is 5.93. The smallest absolute Gasteiger partial charge is 0.439 e. The Morgan fingerprint density at radius 2 is 1.53 bits per heavy atom. The van der Waals surface area contributed by atoms with Gasteiger partial charge in [-0.1, -0.05) is 6.92 Å². The lowest BCUT2D eigenvalue weighted by Crippen LogP contribution is -2.32. The normalized spacial score (nSPS) is 18.5. The molecule has 2 atom stereocenters. The number of anilines is 1. The van der Waals surface area contributed by atoms with Gasteiger partial charge in [0.15, 0.2) is 0 Å². The number of amides is 1. The van der Waals surface area contributed by atoms with Crippen LogP contribution < -0.4 is 9.64 Å². The molecule has 0 N–H and O–H groups in total. The van der Waals surface area contributed by atoms with E-state index < -0.39 is 59.4 Å². The Labute approximate surface area is 211 Å². The molecule has 1 fully saturated rings. The van der Waals surface area contributed by atoms with E-state index >= 15 is 0 Å². The molecule has 0 bridgehead atoms. The van der Waals surface area contributed by atoms with E-state index in [9.17, 15) is 44.3 Å². The maximum absolute atomic E-state index is 13.3. The summed E-state index contributed by atoms with van der Waals surface area (Å²) in [5.41, 5.74) is -3.00. The highest BCUT2D eigenvalue weighted by atomic mass is 19.4. The number of benzene rings is 2. The molecular formula is C24H23F9N2O3. The monoisotopic (exact) mass is 558 g/mol. The van der Waals surface area contributed by atoms with Crippen molar-refractivity contribution in [2.75, 3.05) is 18.5 Å². The zero-order valence-corrected chi connectivity index (χ0v) is 20.3. The molecule has 2 aromatic rings. The van der Waals surface area contributed by atoms with Gasteiger partial charge in [0.1, 0.15) is 11.9 Å². The van der Waals surface area contributed by atoms with Crippen molar-refractivity contribution in [2.45, 2.75) is 57.7 Å². The minimum Gasteiger partial charge on any atom is -0.439 e. The van der Waals surface area contributed by atoms with E-state index in [1.54, 1.807) is 11.9 Å². The molecule has 1 aliphatic rings. The second-order valence-electron chi connectivity index (χ2n) is 8.77. The molecule has 14 heteroatoms. The van der Waals surface area contributed by atoms with Crippen LogP contribution in [0, 0.1) is 0 Å². The molecular weight excluding hydrogens is 535 g/mol. The van der Waals surface area contributed by atoms with E-state index in [0.29, 0.717) is 30.8 Å². The molecule has 0 aromatic heterocycles. The lowest BCUT2D eigenvalue weighted by atomic mass is 9.97. The fourth-order valence-corrected chi connectivity index (χ4v) is 4.20. The molecule has 2 aromatic carbocycles. The Kier molecular flexibility index (Phi) is 8.04. The Morgan fingerprint density at radius 1 is 0.947 bits per heavy atom. The highest BCUT2D eigenvalue weighted by molar-refractivity contribution is 5.72. The van der Waals surface area contributed by atoms with Gasteiger partial charge < -0.3 is 14.4 Å². The third kappa shape index (κ3) is 6.76. The van der Waals surface area contributed by atoms with Crippen LogP contribution in [0.5, 0.6) is 5.75 Å². The van der Waals surface area contributed by atoms with Crippen LogP contribution in [-0.2, 0) is 23.6 Å². The van der Waals surface area contributed by atoms with Gasteiger partial charge in [-0.2, -0.15) is 26.3 Å². The molecule has 1 heterocycles. The predicted octanol–water partition coefficient (Wildman–Crippen LogP) is 7.55. The van der Waals surface area contributed by atoms with Crippen molar-refractivity contribution >= 4 is 11.8 Å². The van der Waals surface area contributed by atoms with Crippen molar-refractivity contribution in [3.63, 3.8) is 0 Å². The number of rotatable bonds is 7. The minimum absolute atomic E-state index is 0.0370. The molecule has 0 saturated carbocycles. The van der Waals surface area contributed by atoms with Crippen molar-refractivity contribution in [1.82, 2.24) is 4.90 Å². The first-order valence-corrected chi connectivity index (χ1v) is 11.3. The average Bonchev–Trinajstić information content (AvgIpc) is 3.05. The van der Waals surface area contributed by atoms with Gasteiger partial charge in [0.25, 0.3) is 0 Å². The highest BCUT2D eigenvalue weighted by Crippen LogP contribution is 2.41. The number of carbonyl (C=O) groups is 1. The summed E-state index contributed by atoms with van der Waals surface area (Å²) in [6.07, 6.45) is -17.1. The molecule has 5 nitrogen and oxygen atoms in total. The van der Waals surface area contributed by atoms with Crippen LogP contribution in [0.15, 0.2) is 36.4 Å². The summed E-state index contributed by atoms with van der Waals surface area (Å²) in [6, 6.07) is 3.37. The molecule has 210 valence electrons. The molecule has 1 aliphatic heterocycles. The fraction of sp³-hybridized carbons (Fsp3) is 0.458. The van der Waals surface area contributed by atoms with Gasteiger partial charge >= 0.3 is 24.8 Å². The van der Waals surface area contributed by atoms with Crippen molar-refractivity contribution in [3.05, 3.63) is 58.7 Å². The summed E-state index contributed by atoms with van der Waals surface area (Å²) in [4.78, 5) is 15.4. The number of carbonyl (C=O) groups excluding carboxylic acids is 1. The third-order valence-corrected chi connectivity index (χ3v) is 5.93. The zero-order valence-electron chi connectivity index (χ0n) is 20.3. The van der Waals surface area contributed by atoms with E-state index in [4.69, 9.17) is 4.74 Å². The van der Waals surface area contributed by atoms with Crippen molar-refractivity contribution in [2.24, 2.45) is 0 Å². The quantitative estimate of drug-likeness (QED) is 0.329. The largest absolute Gasteiger partial charge is 0.573 e. The average molecular weight is 558 g/mol. The molecule has 0 aliphatic carbocycles. The molecule has 1 saturated heterocycles. The van der Waals surface area contributed by atoms with E-state index in [2.05, 4.69) is 4.74 Å². The van der Waals surface area contributed by atoms with Gasteiger partial charge in [0.05, 0.1) is 23.7 Å². The Hall–Kier alpha value is -3.32. The van der Waals surface area contributed by atoms with Crippen LogP contribution in [0.2, 0.25) is 0 Å². The van der Waals surface area contributed by atoms with E-state index in [-0.39, 0.29) is 18.2 Å². The summed E-state index contributed by atoms with van der Waals surface area (Å²) >= 11 is 0. The number of hydrogen-bond acceptors (Lipinski definition) is 4. The maximum Gasteiger partial charge on any atom is 0.573 e. The molecule has 38 heavy (non-hydrogen) atoms. The van der Waals surface area contributed by atoms with Gasteiger partial charge in [0.2, 0.25) is 0 Å². The number of nitrogens with zero attached hydrogens (tertiary/aromatic N) is 2. The standard InChI is InChI=1S/C24H23F9N2O3/c1-4-7-34(3)19-6-5-18(38-24(31,32)33)10-15(19)12-35-13(2)20(37-21(35)36)14-8-16(22(25,26)27)11-17(9-14)23(28,29)30/h5-6,8-11,13,20H,4,7,12H2,1-3H3. The minimum atomic E-state index is -5.10. The summed E-state index contributed by atoms with van der Waals surface area (Å²) < 4.78 is 127. The van der Waals surface area contributed by atoms with Gasteiger partial charge in [-0.15, -0.1) is 13.2 Å². The van der Waals surface area contributed by atoms with Gasteiger partial charge in [-0.3, -0.25) is 4.90 Å². The van der Waals surface area contributed by atoms with E-state index in [0.717, 1.165) is 17.0 Å². The van der Waals surface area contributed by atoms with E-state index in [1.807, 2.05) is 6.92 Å². The Morgan fingerprint density at radius 3 is 2.03 bits per heavy atom. The summed E-state index contributed by atoms with van der Waals surface area (Å²) in [7, 11) is 1.67. The van der Waals surface area contributed by atoms with Crippen LogP contribution in [0.3, 0.4) is 0 Å². The Balaban J connectivity index is 1.99. The SMILES string of the molecule is CCCN(C)c1ccc(OC(F)(F)F)cc1CN1C(=O)OC(c2cc(C(F)(F)F)cc(C(F)(F)F)c2)C1C. The van der Waals surface area contributed by atoms with Crippen LogP contribution in [0.4, 0.5) is 50.0 Å². The summed E-state index contributed by atoms with van der Waals surface area (Å²) in [5.74, 6) is -0.564. The first-order valence-electron chi connectivity index (χ1n) is 11.3. The van der Waals surface area contributed by atoms with E-state index in [1.165, 1.54) is 13.0 Å². The lowest BCUT2D eigenvalue weighted by molar-refractivity contribution is -0.274. The molecule has 3 rings (SSSR count). The molecule has 2 unspecified atom stereocenters. The maximum atomic E-state index is 13.3.